The second-order valence-electron chi connectivity index (χ2n) is 7.63. The number of nitrogens with zero attached hydrogens (tertiary/aromatic N) is 4. The molecule has 0 radical (unpaired) electrons. The molecule has 3 aromatic heterocycles. The molecule has 0 spiro atoms. The third kappa shape index (κ3) is 3.42. The molecule has 0 amide bonds. The van der Waals surface area contributed by atoms with Crippen molar-refractivity contribution in [1.82, 2.24) is 24.8 Å². The van der Waals surface area contributed by atoms with Crippen LogP contribution >= 0.6 is 12.2 Å². The quantitative estimate of drug-likeness (QED) is 0.630. The van der Waals surface area contributed by atoms with Gasteiger partial charge in [0.2, 0.25) is 0 Å². The van der Waals surface area contributed by atoms with E-state index >= 15 is 0 Å². The van der Waals surface area contributed by atoms with Gasteiger partial charge in [-0.25, -0.2) is 4.98 Å². The fourth-order valence-electron chi connectivity index (χ4n) is 4.35. The van der Waals surface area contributed by atoms with E-state index in [1.54, 1.807) is 0 Å². The lowest BCUT2D eigenvalue weighted by atomic mass is 9.96. The summed E-state index contributed by atoms with van der Waals surface area (Å²) in [5.74, 6) is 0.985. The van der Waals surface area contributed by atoms with Crippen LogP contribution in [-0.2, 0) is 0 Å². The Morgan fingerprint density at radius 1 is 1.07 bits per heavy atom. The van der Waals surface area contributed by atoms with Crippen molar-refractivity contribution in [3.8, 4) is 5.82 Å². The maximum atomic E-state index is 5.73. The van der Waals surface area contributed by atoms with Crippen LogP contribution in [0.5, 0.6) is 0 Å². The minimum absolute atomic E-state index is 0.0222. The average Bonchev–Trinajstić information content (AvgIpc) is 3.19. The van der Waals surface area contributed by atoms with E-state index in [-0.39, 0.29) is 12.1 Å². The Morgan fingerprint density at radius 2 is 1.86 bits per heavy atom. The van der Waals surface area contributed by atoms with Crippen molar-refractivity contribution in [3.05, 3.63) is 77.0 Å². The molecule has 0 aromatic carbocycles. The summed E-state index contributed by atoms with van der Waals surface area (Å²) in [6, 6.07) is 12.5. The zero-order valence-corrected chi connectivity index (χ0v) is 18.2. The van der Waals surface area contributed by atoms with Crippen molar-refractivity contribution in [2.24, 2.45) is 0 Å². The van der Waals surface area contributed by atoms with Gasteiger partial charge in [-0.1, -0.05) is 19.1 Å². The van der Waals surface area contributed by atoms with Gasteiger partial charge in [-0.2, -0.15) is 0 Å². The third-order valence-corrected chi connectivity index (χ3v) is 6.00. The summed E-state index contributed by atoms with van der Waals surface area (Å²) in [6.07, 6.45) is 4.73. The number of aryl methyl sites for hydroxylation is 2. The van der Waals surface area contributed by atoms with Gasteiger partial charge < -0.3 is 14.8 Å². The monoisotopic (exact) mass is 405 g/mol. The van der Waals surface area contributed by atoms with Crippen molar-refractivity contribution < 1.29 is 0 Å². The highest BCUT2D eigenvalue weighted by molar-refractivity contribution is 7.80. The molecule has 1 saturated heterocycles. The van der Waals surface area contributed by atoms with Crippen LogP contribution in [0.4, 0.5) is 0 Å². The van der Waals surface area contributed by atoms with Crippen LogP contribution in [-0.4, -0.2) is 31.1 Å². The molecular weight excluding hydrogens is 378 g/mol. The predicted octanol–water partition coefficient (Wildman–Crippen LogP) is 4.58. The van der Waals surface area contributed by atoms with Crippen molar-refractivity contribution >= 4 is 17.3 Å². The molecule has 1 fully saturated rings. The SMILES string of the molecule is CCCN1C(=S)N[C@H](c2ccccn2)[C@H]1c1cc(C)n(-c2ncccc2C)c1C. The third-order valence-electron chi connectivity index (χ3n) is 5.64. The Kier molecular flexibility index (Phi) is 5.37. The summed E-state index contributed by atoms with van der Waals surface area (Å²) in [5.41, 5.74) is 5.81. The van der Waals surface area contributed by atoms with Gasteiger partial charge in [0.25, 0.3) is 0 Å². The predicted molar refractivity (Wildman–Crippen MR) is 120 cm³/mol. The first-order valence-electron chi connectivity index (χ1n) is 10.1. The summed E-state index contributed by atoms with van der Waals surface area (Å²) in [5, 5.41) is 4.33. The molecule has 1 aliphatic heterocycles. The van der Waals surface area contributed by atoms with Crippen molar-refractivity contribution in [3.63, 3.8) is 0 Å². The minimum atomic E-state index is 0.0222. The molecule has 0 saturated carbocycles. The second kappa shape index (κ2) is 7.95. The molecule has 3 aromatic rings. The van der Waals surface area contributed by atoms with Gasteiger partial charge >= 0.3 is 0 Å². The highest BCUT2D eigenvalue weighted by atomic mass is 32.1. The van der Waals surface area contributed by atoms with Crippen LogP contribution in [0.1, 0.15) is 53.6 Å². The fourth-order valence-corrected chi connectivity index (χ4v) is 4.68. The summed E-state index contributed by atoms with van der Waals surface area (Å²) < 4.78 is 2.26. The zero-order valence-electron chi connectivity index (χ0n) is 17.4. The van der Waals surface area contributed by atoms with E-state index in [4.69, 9.17) is 12.2 Å². The Bertz CT molecular complexity index is 1030. The highest BCUT2D eigenvalue weighted by Crippen LogP contribution is 2.41. The van der Waals surface area contributed by atoms with E-state index in [0.29, 0.717) is 0 Å². The van der Waals surface area contributed by atoms with Crippen LogP contribution < -0.4 is 5.32 Å². The first-order chi connectivity index (χ1) is 14.0. The topological polar surface area (TPSA) is 46.0 Å². The summed E-state index contributed by atoms with van der Waals surface area (Å²) in [6.45, 7) is 9.52. The lowest BCUT2D eigenvalue weighted by molar-refractivity contribution is 0.316. The average molecular weight is 406 g/mol. The van der Waals surface area contributed by atoms with Gasteiger partial charge in [0, 0.05) is 30.3 Å². The lowest BCUT2D eigenvalue weighted by Gasteiger charge is -2.27. The maximum Gasteiger partial charge on any atom is 0.170 e. The molecule has 150 valence electrons. The molecule has 4 heterocycles. The van der Waals surface area contributed by atoms with E-state index in [1.165, 1.54) is 17.0 Å². The number of hydrogen-bond acceptors (Lipinski definition) is 3. The molecule has 0 bridgehead atoms. The van der Waals surface area contributed by atoms with Crippen molar-refractivity contribution in [1.29, 1.82) is 0 Å². The fraction of sp³-hybridized carbons (Fsp3) is 0.348. The number of aromatic nitrogens is 3. The first kappa shape index (κ1) is 19.6. The highest BCUT2D eigenvalue weighted by Gasteiger charge is 2.41. The molecule has 1 aliphatic rings. The Morgan fingerprint density at radius 3 is 2.55 bits per heavy atom. The molecular formula is C23H27N5S. The van der Waals surface area contributed by atoms with E-state index in [9.17, 15) is 0 Å². The largest absolute Gasteiger partial charge is 0.352 e. The molecule has 0 unspecified atom stereocenters. The van der Waals surface area contributed by atoms with Gasteiger partial charge in [-0.3, -0.25) is 4.98 Å². The van der Waals surface area contributed by atoms with Gasteiger partial charge in [-0.15, -0.1) is 0 Å². The van der Waals surface area contributed by atoms with Crippen molar-refractivity contribution in [2.75, 3.05) is 6.54 Å². The van der Waals surface area contributed by atoms with Crippen LogP contribution in [0.2, 0.25) is 0 Å². The number of hydrogen-bond donors (Lipinski definition) is 1. The molecule has 5 nitrogen and oxygen atoms in total. The van der Waals surface area contributed by atoms with Gasteiger partial charge in [-0.05, 0) is 74.8 Å². The maximum absolute atomic E-state index is 5.73. The number of pyridine rings is 2. The Balaban J connectivity index is 1.85. The van der Waals surface area contributed by atoms with Crippen LogP contribution in [0, 0.1) is 20.8 Å². The summed E-state index contributed by atoms with van der Waals surface area (Å²) >= 11 is 5.73. The number of thiocarbonyl (C=S) groups is 1. The first-order valence-corrected chi connectivity index (χ1v) is 10.5. The molecule has 29 heavy (non-hydrogen) atoms. The van der Waals surface area contributed by atoms with Gasteiger partial charge in [0.1, 0.15) is 5.82 Å². The van der Waals surface area contributed by atoms with Crippen molar-refractivity contribution in [2.45, 2.75) is 46.2 Å². The van der Waals surface area contributed by atoms with E-state index in [0.717, 1.165) is 35.2 Å². The van der Waals surface area contributed by atoms with E-state index < -0.39 is 0 Å². The number of rotatable bonds is 5. The lowest BCUT2D eigenvalue weighted by Crippen LogP contribution is -2.30. The Labute approximate surface area is 177 Å². The summed E-state index contributed by atoms with van der Waals surface area (Å²) in [4.78, 5) is 11.6. The standard InChI is InChI=1S/C23H27N5S/c1-5-13-27-21(20(26-23(27)29)19-10-6-7-11-24-19)18-14-16(3)28(17(18)4)22-15(2)9-8-12-25-22/h6-12,14,20-21H,5,13H2,1-4H3,(H,26,29)/t20-,21-/m1/s1. The van der Waals surface area contributed by atoms with E-state index in [2.05, 4.69) is 70.6 Å². The van der Waals surface area contributed by atoms with Crippen LogP contribution in [0.3, 0.4) is 0 Å². The molecule has 0 aliphatic carbocycles. The molecule has 1 N–H and O–H groups in total. The van der Waals surface area contributed by atoms with Crippen LogP contribution in [0.25, 0.3) is 5.82 Å². The van der Waals surface area contributed by atoms with Gasteiger partial charge in [0.15, 0.2) is 5.11 Å². The Hall–Kier alpha value is -2.73. The van der Waals surface area contributed by atoms with E-state index in [1.807, 2.05) is 30.6 Å². The normalized spacial score (nSPS) is 18.9. The smallest absolute Gasteiger partial charge is 0.170 e. The van der Waals surface area contributed by atoms with Crippen LogP contribution in [0.15, 0.2) is 48.8 Å². The van der Waals surface area contributed by atoms with Gasteiger partial charge in [0.05, 0.1) is 17.8 Å². The second-order valence-corrected chi connectivity index (χ2v) is 8.01. The molecule has 4 rings (SSSR count). The summed E-state index contributed by atoms with van der Waals surface area (Å²) in [7, 11) is 0. The number of nitrogens with one attached hydrogen (secondary N) is 1. The molecule has 2 atom stereocenters. The zero-order chi connectivity index (χ0) is 20.5. The minimum Gasteiger partial charge on any atom is -0.352 e. The molecule has 6 heteroatoms.